The molecule has 3 aromatic rings. The average Bonchev–Trinajstić information content (AvgIpc) is 3.44. The van der Waals surface area contributed by atoms with Gasteiger partial charge in [0.2, 0.25) is 0 Å². The molecule has 180 valence electrons. The topological polar surface area (TPSA) is 106 Å². The molecule has 0 spiro atoms. The first kappa shape index (κ1) is 23.0. The van der Waals surface area contributed by atoms with Gasteiger partial charge in [0, 0.05) is 37.1 Å². The molecule has 2 fully saturated rings. The number of hydrogen-bond donors (Lipinski definition) is 2. The van der Waals surface area contributed by atoms with E-state index in [9.17, 15) is 5.26 Å². The molecule has 2 N–H and O–H groups in total. The lowest BCUT2D eigenvalue weighted by Gasteiger charge is -2.29. The van der Waals surface area contributed by atoms with Crippen LogP contribution in [0.4, 0.5) is 17.3 Å². The average molecular weight is 470 g/mol. The van der Waals surface area contributed by atoms with Crippen LogP contribution >= 0.6 is 0 Å². The van der Waals surface area contributed by atoms with E-state index in [-0.39, 0.29) is 0 Å². The van der Waals surface area contributed by atoms with Crippen molar-refractivity contribution in [2.45, 2.75) is 38.3 Å². The number of pyridine rings is 2. The van der Waals surface area contributed by atoms with Crippen LogP contribution in [0.2, 0.25) is 0 Å². The fraction of sp³-hybridized carbons (Fsp3) is 0.423. The molecule has 0 radical (unpaired) electrons. The molecule has 0 unspecified atom stereocenters. The third kappa shape index (κ3) is 5.66. The summed E-state index contributed by atoms with van der Waals surface area (Å²) in [5.41, 5.74) is 3.07. The summed E-state index contributed by atoms with van der Waals surface area (Å²) in [6.07, 6.45) is 9.94. The molecule has 3 aromatic heterocycles. The van der Waals surface area contributed by atoms with Crippen LogP contribution in [0.1, 0.15) is 37.1 Å². The first-order valence-electron chi connectivity index (χ1n) is 12.3. The maximum atomic E-state index is 9.67. The first-order chi connectivity index (χ1) is 17.2. The second kappa shape index (κ2) is 10.7. The summed E-state index contributed by atoms with van der Waals surface area (Å²) in [5, 5.41) is 16.6. The normalized spacial score (nSPS) is 16.7. The molecule has 0 saturated carbocycles. The van der Waals surface area contributed by atoms with Crippen molar-refractivity contribution in [2.24, 2.45) is 0 Å². The summed E-state index contributed by atoms with van der Waals surface area (Å²) in [5.74, 6) is 2.34. The van der Waals surface area contributed by atoms with E-state index in [1.54, 1.807) is 12.4 Å². The van der Waals surface area contributed by atoms with Gasteiger partial charge in [0.1, 0.15) is 23.5 Å². The van der Waals surface area contributed by atoms with Crippen molar-refractivity contribution in [3.8, 4) is 17.3 Å². The Kier molecular flexibility index (Phi) is 7.00. The molecule has 9 heteroatoms. The summed E-state index contributed by atoms with van der Waals surface area (Å²) in [6, 6.07) is 10.5. The van der Waals surface area contributed by atoms with E-state index < -0.39 is 0 Å². The van der Waals surface area contributed by atoms with Gasteiger partial charge in [0.15, 0.2) is 0 Å². The fourth-order valence-corrected chi connectivity index (χ4v) is 4.63. The zero-order chi connectivity index (χ0) is 24.0. The third-order valence-corrected chi connectivity index (χ3v) is 6.68. The van der Waals surface area contributed by atoms with Crippen LogP contribution in [0.25, 0.3) is 11.3 Å². The van der Waals surface area contributed by atoms with Crippen LogP contribution in [0, 0.1) is 11.3 Å². The van der Waals surface area contributed by atoms with E-state index in [4.69, 9.17) is 0 Å². The lowest BCUT2D eigenvalue weighted by Crippen LogP contribution is -2.36. The van der Waals surface area contributed by atoms with Gasteiger partial charge >= 0.3 is 0 Å². The van der Waals surface area contributed by atoms with Crippen LogP contribution in [-0.4, -0.2) is 64.1 Å². The van der Waals surface area contributed by atoms with Crippen molar-refractivity contribution in [1.29, 1.82) is 5.26 Å². The number of hydrogen-bond acceptors (Lipinski definition) is 9. The van der Waals surface area contributed by atoms with Gasteiger partial charge in [-0.05, 0) is 70.1 Å². The molecule has 2 saturated heterocycles. The number of anilines is 3. The van der Waals surface area contributed by atoms with Gasteiger partial charge in [0.25, 0.3) is 0 Å². The zero-order valence-corrected chi connectivity index (χ0v) is 20.1. The number of nitrogens with zero attached hydrogens (tertiary/aromatic N) is 7. The molecular weight excluding hydrogens is 438 g/mol. The van der Waals surface area contributed by atoms with E-state index in [0.29, 0.717) is 24.0 Å². The minimum Gasteiger partial charge on any atom is -0.376 e. The SMILES string of the molecule is CN1CCC(Nc2ccc(NCc3nccc(-c4cnc(N5CCCC5)c(C#N)c4)n3)cn2)CC1. The second-order valence-electron chi connectivity index (χ2n) is 9.27. The molecule has 0 aliphatic carbocycles. The van der Waals surface area contributed by atoms with Crippen LogP contribution < -0.4 is 15.5 Å². The fourth-order valence-electron chi connectivity index (χ4n) is 4.63. The molecule has 9 nitrogen and oxygen atoms in total. The first-order valence-corrected chi connectivity index (χ1v) is 12.3. The second-order valence-corrected chi connectivity index (χ2v) is 9.27. The summed E-state index contributed by atoms with van der Waals surface area (Å²) >= 11 is 0. The predicted molar refractivity (Wildman–Crippen MR) is 137 cm³/mol. The van der Waals surface area contributed by atoms with Gasteiger partial charge in [-0.15, -0.1) is 0 Å². The number of rotatable bonds is 7. The largest absolute Gasteiger partial charge is 0.376 e. The number of aromatic nitrogens is 4. The molecular formula is C26H31N9. The number of nitrogens with one attached hydrogen (secondary N) is 2. The van der Waals surface area contributed by atoms with E-state index in [1.807, 2.05) is 30.5 Å². The summed E-state index contributed by atoms with van der Waals surface area (Å²) in [4.78, 5) is 22.8. The predicted octanol–water partition coefficient (Wildman–Crippen LogP) is 3.52. The quantitative estimate of drug-likeness (QED) is 0.537. The minimum atomic E-state index is 0.474. The van der Waals surface area contributed by atoms with Crippen molar-refractivity contribution in [1.82, 2.24) is 24.8 Å². The van der Waals surface area contributed by atoms with Crippen LogP contribution in [0.3, 0.4) is 0 Å². The summed E-state index contributed by atoms with van der Waals surface area (Å²) < 4.78 is 0. The molecule has 5 rings (SSSR count). The molecule has 0 aromatic carbocycles. The van der Waals surface area contributed by atoms with Gasteiger partial charge in [0.05, 0.1) is 29.7 Å². The summed E-state index contributed by atoms with van der Waals surface area (Å²) in [6.45, 7) is 4.62. The number of likely N-dealkylation sites (tertiary alicyclic amines) is 1. The van der Waals surface area contributed by atoms with Crippen LogP contribution in [0.15, 0.2) is 42.9 Å². The van der Waals surface area contributed by atoms with E-state index in [1.165, 1.54) is 0 Å². The van der Waals surface area contributed by atoms with Crippen molar-refractivity contribution in [2.75, 3.05) is 48.8 Å². The van der Waals surface area contributed by atoms with Crippen LogP contribution in [0.5, 0.6) is 0 Å². The van der Waals surface area contributed by atoms with Crippen LogP contribution in [-0.2, 0) is 6.54 Å². The highest BCUT2D eigenvalue weighted by Gasteiger charge is 2.18. The lowest BCUT2D eigenvalue weighted by molar-refractivity contribution is 0.263. The van der Waals surface area contributed by atoms with E-state index >= 15 is 0 Å². The Morgan fingerprint density at radius 1 is 1.03 bits per heavy atom. The van der Waals surface area contributed by atoms with Crippen molar-refractivity contribution >= 4 is 17.3 Å². The molecule has 2 aliphatic rings. The third-order valence-electron chi connectivity index (χ3n) is 6.68. The van der Waals surface area contributed by atoms with Gasteiger partial charge in [-0.1, -0.05) is 0 Å². The Balaban J connectivity index is 1.21. The highest BCUT2D eigenvalue weighted by molar-refractivity contribution is 5.66. The number of nitriles is 1. The Morgan fingerprint density at radius 2 is 1.86 bits per heavy atom. The maximum absolute atomic E-state index is 9.67. The molecule has 2 aliphatic heterocycles. The van der Waals surface area contributed by atoms with Crippen molar-refractivity contribution < 1.29 is 0 Å². The van der Waals surface area contributed by atoms with Gasteiger partial charge in [-0.2, -0.15) is 5.26 Å². The van der Waals surface area contributed by atoms with Crippen molar-refractivity contribution in [3.63, 3.8) is 0 Å². The molecule has 0 bridgehead atoms. The Morgan fingerprint density at radius 3 is 2.60 bits per heavy atom. The zero-order valence-electron chi connectivity index (χ0n) is 20.1. The van der Waals surface area contributed by atoms with E-state index in [2.05, 4.69) is 53.5 Å². The monoisotopic (exact) mass is 469 g/mol. The Labute approximate surface area is 206 Å². The molecule has 0 amide bonds. The van der Waals surface area contributed by atoms with Gasteiger partial charge in [-0.25, -0.2) is 19.9 Å². The molecule has 35 heavy (non-hydrogen) atoms. The van der Waals surface area contributed by atoms with Gasteiger partial charge in [-0.3, -0.25) is 0 Å². The highest BCUT2D eigenvalue weighted by atomic mass is 15.2. The summed E-state index contributed by atoms with van der Waals surface area (Å²) in [7, 11) is 2.17. The number of piperidine rings is 1. The van der Waals surface area contributed by atoms with Crippen molar-refractivity contribution in [3.05, 3.63) is 54.2 Å². The standard InChI is InChI=1S/C26H31N9/c1-34-12-7-21(8-13-34)32-24-5-4-22(17-30-24)29-18-25-28-9-6-23(33-25)20-14-19(15-27)26(31-16-20)35-10-2-3-11-35/h4-6,9,14,16-17,21,29H,2-3,7-8,10-13,18H2,1H3,(H,30,32). The highest BCUT2D eigenvalue weighted by Crippen LogP contribution is 2.26. The smallest absolute Gasteiger partial charge is 0.147 e. The molecule has 0 atom stereocenters. The Bertz CT molecular complexity index is 1170. The van der Waals surface area contributed by atoms with E-state index in [0.717, 1.165) is 80.4 Å². The minimum absolute atomic E-state index is 0.474. The Hall–Kier alpha value is -3.77. The van der Waals surface area contributed by atoms with Gasteiger partial charge < -0.3 is 20.4 Å². The maximum Gasteiger partial charge on any atom is 0.147 e. The molecule has 5 heterocycles. The lowest BCUT2D eigenvalue weighted by atomic mass is 10.1.